The molecule has 0 fully saturated rings. The van der Waals surface area contributed by atoms with Gasteiger partial charge < -0.3 is 4.42 Å². The van der Waals surface area contributed by atoms with Crippen LogP contribution in [0.15, 0.2) is 41.2 Å². The fourth-order valence-electron chi connectivity index (χ4n) is 1.91. The lowest BCUT2D eigenvalue weighted by molar-refractivity contribution is 0.112. The highest BCUT2D eigenvalue weighted by molar-refractivity contribution is 5.79. The molecule has 94 valence electrons. The van der Waals surface area contributed by atoms with Crippen LogP contribution in [-0.4, -0.2) is 6.29 Å². The molecule has 18 heavy (non-hydrogen) atoms. The summed E-state index contributed by atoms with van der Waals surface area (Å²) in [7, 11) is 0. The second-order valence-electron chi connectivity index (χ2n) is 5.21. The van der Waals surface area contributed by atoms with E-state index >= 15 is 0 Å². The molecule has 0 amide bonds. The summed E-state index contributed by atoms with van der Waals surface area (Å²) in [5, 5.41) is 0. The third-order valence-electron chi connectivity index (χ3n) is 3.61. The van der Waals surface area contributed by atoms with Gasteiger partial charge in [0, 0.05) is 11.1 Å². The Morgan fingerprint density at radius 3 is 2.56 bits per heavy atom. The van der Waals surface area contributed by atoms with Gasteiger partial charge >= 0.3 is 0 Å². The van der Waals surface area contributed by atoms with Crippen molar-refractivity contribution in [3.05, 3.63) is 47.9 Å². The second kappa shape index (κ2) is 4.81. The minimum absolute atomic E-state index is 0.0670. The second-order valence-corrected chi connectivity index (χ2v) is 5.21. The van der Waals surface area contributed by atoms with E-state index in [9.17, 15) is 4.79 Å². The van der Waals surface area contributed by atoms with Crippen molar-refractivity contribution in [3.63, 3.8) is 0 Å². The van der Waals surface area contributed by atoms with E-state index in [1.807, 2.05) is 18.2 Å². The molecule has 0 radical (unpaired) electrons. The number of aldehydes is 1. The monoisotopic (exact) mass is 242 g/mol. The maximum absolute atomic E-state index is 11.1. The third kappa shape index (κ3) is 2.37. The maximum atomic E-state index is 11.1. The summed E-state index contributed by atoms with van der Waals surface area (Å²) in [5.74, 6) is 0. The Kier molecular flexibility index (Phi) is 3.37. The van der Waals surface area contributed by atoms with Crippen LogP contribution in [0.1, 0.15) is 43.1 Å². The highest BCUT2D eigenvalue weighted by atomic mass is 16.3. The first-order chi connectivity index (χ1) is 8.56. The summed E-state index contributed by atoms with van der Waals surface area (Å²) >= 11 is 0. The third-order valence-corrected chi connectivity index (χ3v) is 3.61. The number of benzene rings is 1. The molecular weight excluding hydrogens is 224 g/mol. The highest BCUT2D eigenvalue weighted by Crippen LogP contribution is 2.31. The molecule has 2 heteroatoms. The lowest BCUT2D eigenvalue weighted by Crippen LogP contribution is -2.15. The quantitative estimate of drug-likeness (QED) is 0.741. The molecule has 0 saturated carbocycles. The van der Waals surface area contributed by atoms with Crippen LogP contribution in [0.3, 0.4) is 0 Å². The lowest BCUT2D eigenvalue weighted by Gasteiger charge is -2.24. The van der Waals surface area contributed by atoms with E-state index < -0.39 is 0 Å². The van der Waals surface area contributed by atoms with Crippen LogP contribution >= 0.6 is 0 Å². The van der Waals surface area contributed by atoms with E-state index in [-0.39, 0.29) is 5.41 Å². The van der Waals surface area contributed by atoms with Crippen molar-refractivity contribution >= 4 is 6.29 Å². The largest absolute Gasteiger partial charge is 0.472 e. The first kappa shape index (κ1) is 12.6. The van der Waals surface area contributed by atoms with Gasteiger partial charge in [0.15, 0.2) is 0 Å². The van der Waals surface area contributed by atoms with E-state index in [1.165, 1.54) is 5.56 Å². The number of carbonyl (C=O) groups is 1. The van der Waals surface area contributed by atoms with Gasteiger partial charge in [0.05, 0.1) is 12.5 Å². The number of hydrogen-bond acceptors (Lipinski definition) is 2. The molecule has 0 aliphatic rings. The van der Waals surface area contributed by atoms with Crippen LogP contribution in [-0.2, 0) is 5.41 Å². The maximum Gasteiger partial charge on any atom is 0.150 e. The molecule has 1 heterocycles. The molecule has 0 aliphatic heterocycles. The zero-order chi connectivity index (χ0) is 13.2. The van der Waals surface area contributed by atoms with Crippen molar-refractivity contribution in [1.82, 2.24) is 0 Å². The molecule has 1 aromatic carbocycles. The minimum Gasteiger partial charge on any atom is -0.472 e. The average Bonchev–Trinajstić information content (AvgIpc) is 2.92. The Morgan fingerprint density at radius 2 is 2.00 bits per heavy atom. The predicted molar refractivity (Wildman–Crippen MR) is 72.8 cm³/mol. The number of hydrogen-bond donors (Lipinski definition) is 0. The summed E-state index contributed by atoms with van der Waals surface area (Å²) in [6.45, 7) is 6.54. The molecule has 0 N–H and O–H groups in total. The van der Waals surface area contributed by atoms with Crippen LogP contribution < -0.4 is 0 Å². The summed E-state index contributed by atoms with van der Waals surface area (Å²) < 4.78 is 5.11. The molecule has 0 atom stereocenters. The van der Waals surface area contributed by atoms with Crippen molar-refractivity contribution in [1.29, 1.82) is 0 Å². The van der Waals surface area contributed by atoms with E-state index in [2.05, 4.69) is 26.8 Å². The van der Waals surface area contributed by atoms with Gasteiger partial charge in [-0.15, -0.1) is 0 Å². The predicted octanol–water partition coefficient (Wildman–Crippen LogP) is 4.45. The van der Waals surface area contributed by atoms with Gasteiger partial charge in [0.2, 0.25) is 0 Å². The SMILES string of the molecule is CCC(C)(C)c1cc(C=O)cc(-c2ccoc2)c1. The zero-order valence-corrected chi connectivity index (χ0v) is 11.1. The van der Waals surface area contributed by atoms with Crippen molar-refractivity contribution in [3.8, 4) is 11.1 Å². The van der Waals surface area contributed by atoms with Crippen molar-refractivity contribution < 1.29 is 9.21 Å². The summed E-state index contributed by atoms with van der Waals surface area (Å²) in [6, 6.07) is 7.92. The minimum atomic E-state index is 0.0670. The van der Waals surface area contributed by atoms with Gasteiger partial charge in [-0.2, -0.15) is 0 Å². The van der Waals surface area contributed by atoms with Gasteiger partial charge in [-0.3, -0.25) is 4.79 Å². The van der Waals surface area contributed by atoms with Crippen LogP contribution in [0.4, 0.5) is 0 Å². The Balaban J connectivity index is 2.56. The molecule has 0 spiro atoms. The van der Waals surface area contributed by atoms with Crippen LogP contribution in [0, 0.1) is 0 Å². The van der Waals surface area contributed by atoms with Gasteiger partial charge in [-0.05, 0) is 41.2 Å². The Bertz CT molecular complexity index is 536. The molecule has 1 aromatic heterocycles. The number of rotatable bonds is 4. The van der Waals surface area contributed by atoms with Gasteiger partial charge in [-0.25, -0.2) is 0 Å². The number of furan rings is 1. The van der Waals surface area contributed by atoms with E-state index in [0.29, 0.717) is 5.56 Å². The van der Waals surface area contributed by atoms with Crippen molar-refractivity contribution in [2.24, 2.45) is 0 Å². The summed E-state index contributed by atoms with van der Waals surface area (Å²) in [5.41, 5.74) is 4.00. The molecular formula is C16H18O2. The molecule has 0 saturated heterocycles. The van der Waals surface area contributed by atoms with E-state index in [0.717, 1.165) is 23.8 Å². The number of carbonyl (C=O) groups excluding carboxylic acids is 1. The molecule has 2 rings (SSSR count). The standard InChI is InChI=1S/C16H18O2/c1-4-16(2,3)15-8-12(10-17)7-14(9-15)13-5-6-18-11-13/h5-11H,4H2,1-3H3. The molecule has 0 unspecified atom stereocenters. The Labute approximate surface area is 108 Å². The van der Waals surface area contributed by atoms with Crippen LogP contribution in [0.25, 0.3) is 11.1 Å². The highest BCUT2D eigenvalue weighted by Gasteiger charge is 2.19. The van der Waals surface area contributed by atoms with E-state index in [4.69, 9.17) is 4.42 Å². The first-order valence-electron chi connectivity index (χ1n) is 6.20. The van der Waals surface area contributed by atoms with E-state index in [1.54, 1.807) is 12.5 Å². The van der Waals surface area contributed by atoms with Crippen molar-refractivity contribution in [2.45, 2.75) is 32.6 Å². The first-order valence-corrected chi connectivity index (χ1v) is 6.20. The van der Waals surface area contributed by atoms with Crippen LogP contribution in [0.5, 0.6) is 0 Å². The summed E-state index contributed by atoms with van der Waals surface area (Å²) in [6.07, 6.45) is 5.28. The zero-order valence-electron chi connectivity index (χ0n) is 11.1. The van der Waals surface area contributed by atoms with Gasteiger partial charge in [-0.1, -0.05) is 26.8 Å². The normalized spacial score (nSPS) is 11.5. The summed E-state index contributed by atoms with van der Waals surface area (Å²) in [4.78, 5) is 11.1. The lowest BCUT2D eigenvalue weighted by atomic mass is 9.80. The fourth-order valence-corrected chi connectivity index (χ4v) is 1.91. The average molecular weight is 242 g/mol. The Morgan fingerprint density at radius 1 is 1.22 bits per heavy atom. The molecule has 2 aromatic rings. The van der Waals surface area contributed by atoms with Crippen molar-refractivity contribution in [2.75, 3.05) is 0 Å². The molecule has 2 nitrogen and oxygen atoms in total. The Hall–Kier alpha value is -1.83. The van der Waals surface area contributed by atoms with Gasteiger partial charge in [0.1, 0.15) is 6.29 Å². The topological polar surface area (TPSA) is 30.2 Å². The van der Waals surface area contributed by atoms with Crippen LogP contribution in [0.2, 0.25) is 0 Å². The molecule has 0 aliphatic carbocycles. The fraction of sp³-hybridized carbons (Fsp3) is 0.312. The van der Waals surface area contributed by atoms with Gasteiger partial charge in [0.25, 0.3) is 0 Å². The molecule has 0 bridgehead atoms. The smallest absolute Gasteiger partial charge is 0.150 e.